The number of hydrogen-bond donors (Lipinski definition) is 0. The van der Waals surface area contributed by atoms with Crippen LogP contribution in [-0.4, -0.2) is 9.49 Å². The lowest BCUT2D eigenvalue weighted by Gasteiger charge is -2.09. The summed E-state index contributed by atoms with van der Waals surface area (Å²) in [6, 6.07) is 9.31. The number of aryl methyl sites for hydroxylation is 3. The zero-order valence-corrected chi connectivity index (χ0v) is 10.1. The van der Waals surface area contributed by atoms with Gasteiger partial charge in [-0.25, -0.2) is 0 Å². The van der Waals surface area contributed by atoms with Gasteiger partial charge in [0.2, 0.25) is 0 Å². The van der Waals surface area contributed by atoms with Gasteiger partial charge in [0.1, 0.15) is 0 Å². The Morgan fingerprint density at radius 1 is 1.06 bits per heavy atom. The van der Waals surface area contributed by atoms with E-state index in [4.69, 9.17) is 0 Å². The molecule has 0 unspecified atom stereocenters. The van der Waals surface area contributed by atoms with Gasteiger partial charge in [-0.1, -0.05) is 6.07 Å². The van der Waals surface area contributed by atoms with Crippen molar-refractivity contribution in [1.82, 2.24) is 4.57 Å². The minimum atomic E-state index is -0.340. The summed E-state index contributed by atoms with van der Waals surface area (Å²) in [4.78, 5) is 10.6. The second-order valence-electron chi connectivity index (χ2n) is 4.18. The average Bonchev–Trinajstić information content (AvgIpc) is 2.59. The van der Waals surface area contributed by atoms with E-state index in [0.717, 1.165) is 17.1 Å². The Hall–Kier alpha value is -2.10. The molecule has 1 aromatic carbocycles. The first-order valence-electron chi connectivity index (χ1n) is 5.41. The second-order valence-corrected chi connectivity index (χ2v) is 4.18. The standard InChI is InChI=1S/C13H14N2O2/c1-9-4-7-12(8-13(9)15(16)17)14-10(2)5-6-11(14)3/h4-8H,1-3H3. The van der Waals surface area contributed by atoms with Crippen molar-refractivity contribution in [3.8, 4) is 5.69 Å². The molecule has 1 aromatic heterocycles. The first-order valence-corrected chi connectivity index (χ1v) is 5.41. The van der Waals surface area contributed by atoms with E-state index < -0.39 is 0 Å². The van der Waals surface area contributed by atoms with Crippen LogP contribution >= 0.6 is 0 Å². The van der Waals surface area contributed by atoms with Crippen molar-refractivity contribution in [2.24, 2.45) is 0 Å². The lowest BCUT2D eigenvalue weighted by molar-refractivity contribution is -0.385. The maximum absolute atomic E-state index is 10.9. The van der Waals surface area contributed by atoms with Gasteiger partial charge in [0, 0.05) is 23.0 Å². The van der Waals surface area contributed by atoms with Crippen molar-refractivity contribution in [3.05, 3.63) is 57.4 Å². The number of hydrogen-bond acceptors (Lipinski definition) is 2. The summed E-state index contributed by atoms with van der Waals surface area (Å²) < 4.78 is 2.01. The second kappa shape index (κ2) is 4.05. The molecular formula is C13H14N2O2. The Kier molecular flexibility index (Phi) is 2.71. The molecule has 0 spiro atoms. The van der Waals surface area contributed by atoms with Crippen molar-refractivity contribution in [2.45, 2.75) is 20.8 Å². The number of nitro benzene ring substituents is 1. The van der Waals surface area contributed by atoms with Gasteiger partial charge < -0.3 is 4.57 Å². The van der Waals surface area contributed by atoms with Crippen molar-refractivity contribution in [1.29, 1.82) is 0 Å². The molecule has 1 heterocycles. The molecule has 0 fully saturated rings. The summed E-state index contributed by atoms with van der Waals surface area (Å²) in [5, 5.41) is 10.9. The minimum Gasteiger partial charge on any atom is -0.318 e. The summed E-state index contributed by atoms with van der Waals surface area (Å²) in [7, 11) is 0. The van der Waals surface area contributed by atoms with Crippen molar-refractivity contribution >= 4 is 5.69 Å². The highest BCUT2D eigenvalue weighted by atomic mass is 16.6. The zero-order chi connectivity index (χ0) is 12.6. The Labute approximate surface area is 99.7 Å². The maximum atomic E-state index is 10.9. The predicted molar refractivity (Wildman–Crippen MR) is 66.6 cm³/mol. The Bertz CT molecular complexity index is 566. The molecule has 0 N–H and O–H groups in total. The van der Waals surface area contributed by atoms with Crippen LogP contribution in [0.5, 0.6) is 0 Å². The Balaban J connectivity index is 2.62. The van der Waals surface area contributed by atoms with Crippen molar-refractivity contribution < 1.29 is 4.92 Å². The third kappa shape index (κ3) is 1.93. The van der Waals surface area contributed by atoms with Gasteiger partial charge in [-0.15, -0.1) is 0 Å². The average molecular weight is 230 g/mol. The Morgan fingerprint density at radius 2 is 1.65 bits per heavy atom. The highest BCUT2D eigenvalue weighted by Gasteiger charge is 2.13. The summed E-state index contributed by atoms with van der Waals surface area (Å²) >= 11 is 0. The van der Waals surface area contributed by atoms with Crippen LogP contribution in [-0.2, 0) is 0 Å². The number of nitro groups is 1. The minimum absolute atomic E-state index is 0.162. The van der Waals surface area contributed by atoms with Crippen LogP contribution in [0, 0.1) is 30.9 Å². The molecule has 0 amide bonds. The van der Waals surface area contributed by atoms with Crippen LogP contribution in [0.1, 0.15) is 17.0 Å². The molecule has 0 saturated carbocycles. The van der Waals surface area contributed by atoms with E-state index in [1.165, 1.54) is 0 Å². The fraction of sp³-hybridized carbons (Fsp3) is 0.231. The lowest BCUT2D eigenvalue weighted by Crippen LogP contribution is -2.00. The molecule has 0 aliphatic carbocycles. The smallest absolute Gasteiger partial charge is 0.274 e. The largest absolute Gasteiger partial charge is 0.318 e. The predicted octanol–water partition coefficient (Wildman–Crippen LogP) is 3.31. The lowest BCUT2D eigenvalue weighted by atomic mass is 10.2. The van der Waals surface area contributed by atoms with Gasteiger partial charge in [-0.2, -0.15) is 0 Å². The SMILES string of the molecule is Cc1ccc(-n2c(C)ccc2C)cc1[N+](=O)[O-]. The van der Waals surface area contributed by atoms with Crippen LogP contribution in [0.2, 0.25) is 0 Å². The molecule has 0 aliphatic heterocycles. The van der Waals surface area contributed by atoms with Crippen LogP contribution in [0.25, 0.3) is 5.69 Å². The van der Waals surface area contributed by atoms with Crippen LogP contribution < -0.4 is 0 Å². The maximum Gasteiger partial charge on any atom is 0.274 e. The summed E-state index contributed by atoms with van der Waals surface area (Å²) in [5.41, 5.74) is 3.82. The van der Waals surface area contributed by atoms with Gasteiger partial charge in [-0.3, -0.25) is 10.1 Å². The quantitative estimate of drug-likeness (QED) is 0.587. The Morgan fingerprint density at radius 3 is 2.18 bits per heavy atom. The van der Waals surface area contributed by atoms with Crippen LogP contribution in [0.15, 0.2) is 30.3 Å². The molecule has 0 bridgehead atoms. The first-order chi connectivity index (χ1) is 8.00. The molecule has 0 saturated heterocycles. The molecule has 0 atom stereocenters. The van der Waals surface area contributed by atoms with E-state index in [-0.39, 0.29) is 10.6 Å². The zero-order valence-electron chi connectivity index (χ0n) is 10.1. The fourth-order valence-corrected chi connectivity index (χ4v) is 2.01. The molecule has 4 heteroatoms. The van der Waals surface area contributed by atoms with Gasteiger partial charge in [-0.05, 0) is 39.0 Å². The molecule has 4 nitrogen and oxygen atoms in total. The van der Waals surface area contributed by atoms with E-state index in [9.17, 15) is 10.1 Å². The summed E-state index contributed by atoms with van der Waals surface area (Å²) in [6.07, 6.45) is 0. The molecule has 17 heavy (non-hydrogen) atoms. The normalized spacial score (nSPS) is 10.5. The molecular weight excluding hydrogens is 216 g/mol. The highest BCUT2D eigenvalue weighted by molar-refractivity contribution is 5.50. The highest BCUT2D eigenvalue weighted by Crippen LogP contribution is 2.24. The van der Waals surface area contributed by atoms with E-state index >= 15 is 0 Å². The van der Waals surface area contributed by atoms with Crippen LogP contribution in [0.3, 0.4) is 0 Å². The van der Waals surface area contributed by atoms with Crippen molar-refractivity contribution in [2.75, 3.05) is 0 Å². The van der Waals surface area contributed by atoms with E-state index in [2.05, 4.69) is 0 Å². The van der Waals surface area contributed by atoms with E-state index in [1.807, 2.05) is 36.6 Å². The van der Waals surface area contributed by atoms with E-state index in [1.54, 1.807) is 19.1 Å². The molecule has 2 aromatic rings. The number of nitrogens with zero attached hydrogens (tertiary/aromatic N) is 2. The van der Waals surface area contributed by atoms with Gasteiger partial charge >= 0.3 is 0 Å². The van der Waals surface area contributed by atoms with Crippen LogP contribution in [0.4, 0.5) is 5.69 Å². The topological polar surface area (TPSA) is 48.1 Å². The monoisotopic (exact) mass is 230 g/mol. The molecule has 2 rings (SSSR count). The number of rotatable bonds is 2. The van der Waals surface area contributed by atoms with Gasteiger partial charge in [0.15, 0.2) is 0 Å². The molecule has 0 aliphatic rings. The summed E-state index contributed by atoms with van der Waals surface area (Å²) in [5.74, 6) is 0. The number of benzene rings is 1. The third-order valence-electron chi connectivity index (χ3n) is 2.92. The third-order valence-corrected chi connectivity index (χ3v) is 2.92. The molecule has 0 radical (unpaired) electrons. The number of aromatic nitrogens is 1. The van der Waals surface area contributed by atoms with E-state index in [0.29, 0.717) is 5.56 Å². The first kappa shape index (κ1) is 11.4. The van der Waals surface area contributed by atoms with Gasteiger partial charge in [0.05, 0.1) is 10.6 Å². The van der Waals surface area contributed by atoms with Crippen molar-refractivity contribution in [3.63, 3.8) is 0 Å². The molecule has 88 valence electrons. The fourth-order valence-electron chi connectivity index (χ4n) is 2.01. The summed E-state index contributed by atoms with van der Waals surface area (Å²) in [6.45, 7) is 5.72. The van der Waals surface area contributed by atoms with Gasteiger partial charge in [0.25, 0.3) is 5.69 Å².